The molecular weight excluding hydrogens is 162 g/mol. The van der Waals surface area contributed by atoms with Gasteiger partial charge in [0.1, 0.15) is 11.6 Å². The minimum absolute atomic E-state index is 0.605. The van der Waals surface area contributed by atoms with Crippen LogP contribution in [0.25, 0.3) is 0 Å². The van der Waals surface area contributed by atoms with Gasteiger partial charge in [0.05, 0.1) is 0 Å². The van der Waals surface area contributed by atoms with E-state index in [9.17, 15) is 0 Å². The second-order valence-electron chi connectivity index (χ2n) is 3.53. The first-order valence-corrected chi connectivity index (χ1v) is 4.91. The molecule has 1 aromatic rings. The molecule has 0 aromatic carbocycles. The summed E-state index contributed by atoms with van der Waals surface area (Å²) in [5, 5.41) is 3.04. The van der Waals surface area contributed by atoms with Gasteiger partial charge >= 0.3 is 0 Å². The smallest absolute Gasteiger partial charge is 0.133 e. The van der Waals surface area contributed by atoms with Crippen molar-refractivity contribution in [3.05, 3.63) is 18.1 Å². The summed E-state index contributed by atoms with van der Waals surface area (Å²) in [6.45, 7) is 0. The van der Waals surface area contributed by atoms with Crippen molar-refractivity contribution < 1.29 is 0 Å². The molecule has 3 heteroatoms. The molecular formula is C10H15N3. The van der Waals surface area contributed by atoms with Crippen LogP contribution in [0.15, 0.2) is 12.3 Å². The molecule has 1 saturated carbocycles. The number of anilines is 1. The van der Waals surface area contributed by atoms with Crippen molar-refractivity contribution in [3.63, 3.8) is 0 Å². The number of hydrogen-bond acceptors (Lipinski definition) is 3. The molecule has 2 rings (SSSR count). The van der Waals surface area contributed by atoms with E-state index in [4.69, 9.17) is 0 Å². The van der Waals surface area contributed by atoms with Gasteiger partial charge in [0.25, 0.3) is 0 Å². The van der Waals surface area contributed by atoms with Crippen LogP contribution in [-0.2, 0) is 0 Å². The van der Waals surface area contributed by atoms with Crippen LogP contribution in [0.2, 0.25) is 0 Å². The van der Waals surface area contributed by atoms with E-state index in [0.29, 0.717) is 5.92 Å². The van der Waals surface area contributed by atoms with Gasteiger partial charge < -0.3 is 5.32 Å². The Bertz CT molecular complexity index is 279. The van der Waals surface area contributed by atoms with Crippen LogP contribution in [0.4, 0.5) is 5.82 Å². The van der Waals surface area contributed by atoms with Crippen LogP contribution in [0, 0.1) is 0 Å². The Morgan fingerprint density at radius 1 is 1.38 bits per heavy atom. The van der Waals surface area contributed by atoms with E-state index < -0.39 is 0 Å². The van der Waals surface area contributed by atoms with Crippen molar-refractivity contribution in [1.29, 1.82) is 0 Å². The summed E-state index contributed by atoms with van der Waals surface area (Å²) in [6.07, 6.45) is 7.02. The average Bonchev–Trinajstić information content (AvgIpc) is 2.71. The molecule has 0 aliphatic heterocycles. The van der Waals surface area contributed by atoms with Gasteiger partial charge in [-0.05, 0) is 18.9 Å². The third-order valence-electron chi connectivity index (χ3n) is 2.65. The molecule has 1 aliphatic rings. The maximum Gasteiger partial charge on any atom is 0.133 e. The Labute approximate surface area is 78.6 Å². The molecule has 0 atom stereocenters. The minimum Gasteiger partial charge on any atom is -0.373 e. The largest absolute Gasteiger partial charge is 0.373 e. The Morgan fingerprint density at radius 3 is 2.85 bits per heavy atom. The summed E-state index contributed by atoms with van der Waals surface area (Å²) in [6, 6.07) is 1.90. The van der Waals surface area contributed by atoms with E-state index in [1.54, 1.807) is 0 Å². The van der Waals surface area contributed by atoms with Crippen LogP contribution in [0.1, 0.15) is 37.4 Å². The minimum atomic E-state index is 0.605. The highest BCUT2D eigenvalue weighted by atomic mass is 15.0. The Kier molecular flexibility index (Phi) is 2.43. The molecule has 1 aromatic heterocycles. The lowest BCUT2D eigenvalue weighted by Gasteiger charge is -2.07. The van der Waals surface area contributed by atoms with E-state index in [1.165, 1.54) is 25.7 Å². The fourth-order valence-electron chi connectivity index (χ4n) is 1.89. The molecule has 1 heterocycles. The summed E-state index contributed by atoms with van der Waals surface area (Å²) in [5.41, 5.74) is 0. The molecule has 1 fully saturated rings. The predicted molar refractivity (Wildman–Crippen MR) is 52.8 cm³/mol. The van der Waals surface area contributed by atoms with Gasteiger partial charge in [-0.25, -0.2) is 9.97 Å². The molecule has 1 N–H and O–H groups in total. The molecule has 0 unspecified atom stereocenters. The first-order chi connectivity index (χ1) is 6.40. The van der Waals surface area contributed by atoms with Crippen molar-refractivity contribution in [1.82, 2.24) is 9.97 Å². The van der Waals surface area contributed by atoms with Gasteiger partial charge in [-0.2, -0.15) is 0 Å². The number of nitrogens with zero attached hydrogens (tertiary/aromatic N) is 2. The van der Waals surface area contributed by atoms with Crippen molar-refractivity contribution >= 4 is 5.82 Å². The van der Waals surface area contributed by atoms with Crippen molar-refractivity contribution in [2.24, 2.45) is 0 Å². The van der Waals surface area contributed by atoms with Gasteiger partial charge in [-0.1, -0.05) is 12.8 Å². The Morgan fingerprint density at radius 2 is 2.15 bits per heavy atom. The monoisotopic (exact) mass is 177 g/mol. The van der Waals surface area contributed by atoms with Crippen LogP contribution in [-0.4, -0.2) is 17.0 Å². The average molecular weight is 177 g/mol. The van der Waals surface area contributed by atoms with Crippen LogP contribution in [0.5, 0.6) is 0 Å². The standard InChI is InChI=1S/C10H15N3/c1-11-9-6-7-12-10(13-9)8-4-2-3-5-8/h6-8H,2-5H2,1H3,(H,11,12,13). The quantitative estimate of drug-likeness (QED) is 0.752. The number of aromatic nitrogens is 2. The van der Waals surface area contributed by atoms with E-state index in [-0.39, 0.29) is 0 Å². The summed E-state index contributed by atoms with van der Waals surface area (Å²) in [5.74, 6) is 2.55. The summed E-state index contributed by atoms with van der Waals surface area (Å²) >= 11 is 0. The third-order valence-corrected chi connectivity index (χ3v) is 2.65. The highest BCUT2D eigenvalue weighted by molar-refractivity contribution is 5.32. The second-order valence-corrected chi connectivity index (χ2v) is 3.53. The van der Waals surface area contributed by atoms with Crippen LogP contribution in [0.3, 0.4) is 0 Å². The Hall–Kier alpha value is -1.12. The molecule has 0 radical (unpaired) electrons. The van der Waals surface area contributed by atoms with Crippen LogP contribution >= 0.6 is 0 Å². The maximum absolute atomic E-state index is 4.45. The number of hydrogen-bond donors (Lipinski definition) is 1. The van der Waals surface area contributed by atoms with Gasteiger partial charge in [-0.3, -0.25) is 0 Å². The van der Waals surface area contributed by atoms with Gasteiger partial charge in [-0.15, -0.1) is 0 Å². The number of rotatable bonds is 2. The predicted octanol–water partition coefficient (Wildman–Crippen LogP) is 2.18. The zero-order chi connectivity index (χ0) is 9.10. The fourth-order valence-corrected chi connectivity index (χ4v) is 1.89. The highest BCUT2D eigenvalue weighted by Crippen LogP contribution is 2.32. The fraction of sp³-hybridized carbons (Fsp3) is 0.600. The molecule has 0 amide bonds. The van der Waals surface area contributed by atoms with Gasteiger partial charge in [0.15, 0.2) is 0 Å². The first kappa shape index (κ1) is 8.48. The molecule has 1 aliphatic carbocycles. The van der Waals surface area contributed by atoms with Crippen molar-refractivity contribution in [2.45, 2.75) is 31.6 Å². The van der Waals surface area contributed by atoms with Gasteiger partial charge in [0, 0.05) is 19.2 Å². The summed E-state index contributed by atoms with van der Waals surface area (Å²) in [7, 11) is 1.89. The van der Waals surface area contributed by atoms with E-state index in [1.807, 2.05) is 19.3 Å². The molecule has 0 spiro atoms. The van der Waals surface area contributed by atoms with E-state index >= 15 is 0 Å². The summed E-state index contributed by atoms with van der Waals surface area (Å²) < 4.78 is 0. The topological polar surface area (TPSA) is 37.8 Å². The third kappa shape index (κ3) is 1.79. The van der Waals surface area contributed by atoms with Crippen LogP contribution < -0.4 is 5.32 Å². The molecule has 3 nitrogen and oxygen atoms in total. The molecule has 0 saturated heterocycles. The SMILES string of the molecule is CNc1ccnc(C2CCCC2)n1. The summed E-state index contributed by atoms with van der Waals surface area (Å²) in [4.78, 5) is 8.77. The van der Waals surface area contributed by atoms with Crippen molar-refractivity contribution in [3.8, 4) is 0 Å². The molecule has 70 valence electrons. The van der Waals surface area contributed by atoms with E-state index in [0.717, 1.165) is 11.6 Å². The Balaban J connectivity index is 2.18. The first-order valence-electron chi connectivity index (χ1n) is 4.91. The molecule has 13 heavy (non-hydrogen) atoms. The lowest BCUT2D eigenvalue weighted by Crippen LogP contribution is -2.02. The lowest BCUT2D eigenvalue weighted by molar-refractivity contribution is 0.668. The van der Waals surface area contributed by atoms with Gasteiger partial charge in [0.2, 0.25) is 0 Å². The molecule has 0 bridgehead atoms. The van der Waals surface area contributed by atoms with E-state index in [2.05, 4.69) is 15.3 Å². The highest BCUT2D eigenvalue weighted by Gasteiger charge is 2.19. The zero-order valence-corrected chi connectivity index (χ0v) is 7.95. The van der Waals surface area contributed by atoms with Crippen molar-refractivity contribution in [2.75, 3.05) is 12.4 Å². The lowest BCUT2D eigenvalue weighted by atomic mass is 10.1. The second kappa shape index (κ2) is 3.73. The normalized spacial score (nSPS) is 17.6. The number of nitrogens with one attached hydrogen (secondary N) is 1. The maximum atomic E-state index is 4.45. The zero-order valence-electron chi connectivity index (χ0n) is 7.95.